The highest BCUT2D eigenvalue weighted by molar-refractivity contribution is 7.91. The molecule has 0 radical (unpaired) electrons. The van der Waals surface area contributed by atoms with E-state index in [0.29, 0.717) is 0 Å². The lowest BCUT2D eigenvalue weighted by Gasteiger charge is -2.23. The third-order valence-electron chi connectivity index (χ3n) is 4.21. The summed E-state index contributed by atoms with van der Waals surface area (Å²) in [4.78, 5) is 13.9. The molecule has 4 rings (SSSR count). The Morgan fingerprint density at radius 3 is 2.67 bits per heavy atom. The highest BCUT2D eigenvalue weighted by Gasteiger charge is 2.49. The summed E-state index contributed by atoms with van der Waals surface area (Å²) in [6, 6.07) is 12.7. The van der Waals surface area contributed by atoms with E-state index in [4.69, 9.17) is 0 Å². The second-order valence-electron chi connectivity index (χ2n) is 5.57. The van der Waals surface area contributed by atoms with E-state index in [1.165, 1.54) is 0 Å². The largest absolute Gasteiger partial charge is 0.332 e. The maximum atomic E-state index is 12.3. The maximum absolute atomic E-state index is 12.3. The van der Waals surface area contributed by atoms with Crippen molar-refractivity contribution in [1.82, 2.24) is 5.32 Å². The van der Waals surface area contributed by atoms with Crippen LogP contribution in [-0.4, -0.2) is 38.0 Å². The summed E-state index contributed by atoms with van der Waals surface area (Å²) in [7, 11) is -3.08. The van der Waals surface area contributed by atoms with E-state index in [0.717, 1.165) is 16.5 Å². The Kier molecular flexibility index (Phi) is 2.53. The highest BCUT2D eigenvalue weighted by Crippen LogP contribution is 2.34. The van der Waals surface area contributed by atoms with E-state index in [1.54, 1.807) is 4.90 Å². The van der Waals surface area contributed by atoms with Crippen molar-refractivity contribution in [2.75, 3.05) is 16.4 Å². The number of benzene rings is 2. The van der Waals surface area contributed by atoms with Gasteiger partial charge in [-0.05, 0) is 11.5 Å². The van der Waals surface area contributed by atoms with Crippen LogP contribution in [-0.2, 0) is 9.84 Å². The molecule has 2 heterocycles. The van der Waals surface area contributed by atoms with Crippen LogP contribution in [0, 0.1) is 0 Å². The van der Waals surface area contributed by atoms with Crippen LogP contribution in [0.15, 0.2) is 42.5 Å². The summed E-state index contributed by atoms with van der Waals surface area (Å²) in [5.74, 6) is 0.0598. The van der Waals surface area contributed by atoms with E-state index < -0.39 is 9.84 Å². The van der Waals surface area contributed by atoms with Crippen molar-refractivity contribution in [3.05, 3.63) is 42.5 Å². The molecule has 2 fully saturated rings. The molecule has 0 spiro atoms. The number of anilines is 1. The molecule has 2 atom stereocenters. The summed E-state index contributed by atoms with van der Waals surface area (Å²) in [6.07, 6.45) is 0. The number of hydrogen-bond donors (Lipinski definition) is 1. The predicted octanol–water partition coefficient (Wildman–Crippen LogP) is 1.53. The van der Waals surface area contributed by atoms with Crippen LogP contribution >= 0.6 is 0 Å². The maximum Gasteiger partial charge on any atom is 0.322 e. The average Bonchev–Trinajstić information content (AvgIpc) is 2.88. The second-order valence-corrected chi connectivity index (χ2v) is 7.72. The fraction of sp³-hybridized carbons (Fsp3) is 0.267. The molecule has 2 unspecified atom stereocenters. The second kappa shape index (κ2) is 4.21. The van der Waals surface area contributed by atoms with Gasteiger partial charge in [-0.15, -0.1) is 0 Å². The third-order valence-corrected chi connectivity index (χ3v) is 5.92. The molecular weight excluding hydrogens is 288 g/mol. The molecule has 2 aliphatic heterocycles. The van der Waals surface area contributed by atoms with E-state index in [9.17, 15) is 13.2 Å². The Bertz CT molecular complexity index is 842. The van der Waals surface area contributed by atoms with Crippen molar-refractivity contribution in [2.24, 2.45) is 0 Å². The number of rotatable bonds is 1. The number of fused-ring (bicyclic) bond motifs is 2. The van der Waals surface area contributed by atoms with Crippen LogP contribution in [0.1, 0.15) is 0 Å². The lowest BCUT2D eigenvalue weighted by atomic mass is 10.1. The predicted molar refractivity (Wildman–Crippen MR) is 81.2 cm³/mol. The van der Waals surface area contributed by atoms with Crippen LogP contribution in [0.25, 0.3) is 10.8 Å². The Morgan fingerprint density at radius 1 is 1.05 bits per heavy atom. The lowest BCUT2D eigenvalue weighted by molar-refractivity contribution is 0.251. The van der Waals surface area contributed by atoms with Crippen LogP contribution < -0.4 is 10.2 Å². The first-order valence-corrected chi connectivity index (χ1v) is 8.65. The summed E-state index contributed by atoms with van der Waals surface area (Å²) in [6.45, 7) is 0. The minimum Gasteiger partial charge on any atom is -0.332 e. The van der Waals surface area contributed by atoms with Gasteiger partial charge in [0, 0.05) is 5.39 Å². The molecule has 21 heavy (non-hydrogen) atoms. The molecule has 2 aliphatic rings. The first kappa shape index (κ1) is 12.6. The zero-order chi connectivity index (χ0) is 14.6. The van der Waals surface area contributed by atoms with Gasteiger partial charge in [0.15, 0.2) is 9.84 Å². The van der Waals surface area contributed by atoms with Crippen LogP contribution in [0.3, 0.4) is 0 Å². The minimum atomic E-state index is -3.08. The number of carbonyl (C=O) groups excluding carboxylic acids is 1. The molecule has 2 aromatic rings. The average molecular weight is 302 g/mol. The molecule has 2 amide bonds. The number of sulfone groups is 1. The molecule has 6 heteroatoms. The molecule has 0 bridgehead atoms. The van der Waals surface area contributed by atoms with Gasteiger partial charge in [-0.3, -0.25) is 4.90 Å². The summed E-state index contributed by atoms with van der Waals surface area (Å²) < 4.78 is 23.6. The SMILES string of the molecule is O=C1NC2CS(=O)(=O)CC2N1c1cccc2ccccc12. The fourth-order valence-electron chi connectivity index (χ4n) is 3.31. The van der Waals surface area contributed by atoms with Gasteiger partial charge < -0.3 is 5.32 Å². The van der Waals surface area contributed by atoms with Gasteiger partial charge in [-0.2, -0.15) is 0 Å². The monoisotopic (exact) mass is 302 g/mol. The van der Waals surface area contributed by atoms with E-state index >= 15 is 0 Å². The number of urea groups is 1. The van der Waals surface area contributed by atoms with Gasteiger partial charge >= 0.3 is 6.03 Å². The van der Waals surface area contributed by atoms with Crippen molar-refractivity contribution >= 4 is 32.3 Å². The first-order chi connectivity index (χ1) is 10.1. The fourth-order valence-corrected chi connectivity index (χ4v) is 5.20. The Labute approximate surface area is 122 Å². The van der Waals surface area contributed by atoms with Gasteiger partial charge in [0.2, 0.25) is 0 Å². The standard InChI is InChI=1S/C15H14N2O3S/c18-15-16-12-8-21(19,20)9-14(12)17(15)13-7-3-5-10-4-1-2-6-11(10)13/h1-7,12,14H,8-9H2,(H,16,18). The van der Waals surface area contributed by atoms with Gasteiger partial charge in [0.05, 0.1) is 29.3 Å². The van der Waals surface area contributed by atoms with Gasteiger partial charge in [-0.1, -0.05) is 36.4 Å². The van der Waals surface area contributed by atoms with Crippen molar-refractivity contribution in [3.8, 4) is 0 Å². The van der Waals surface area contributed by atoms with E-state index in [-0.39, 0.29) is 29.6 Å². The molecule has 1 N–H and O–H groups in total. The highest BCUT2D eigenvalue weighted by atomic mass is 32.2. The number of amides is 2. The lowest BCUT2D eigenvalue weighted by Crippen LogP contribution is -2.37. The Balaban J connectivity index is 1.86. The molecule has 0 aliphatic carbocycles. The molecule has 2 aromatic carbocycles. The van der Waals surface area contributed by atoms with Crippen molar-refractivity contribution in [2.45, 2.75) is 12.1 Å². The molecule has 0 aromatic heterocycles. The first-order valence-electron chi connectivity index (χ1n) is 6.83. The van der Waals surface area contributed by atoms with Gasteiger partial charge in [0.25, 0.3) is 0 Å². The molecular formula is C15H14N2O3S. The quantitative estimate of drug-likeness (QED) is 0.813. The van der Waals surface area contributed by atoms with Crippen LogP contribution in [0.2, 0.25) is 0 Å². The van der Waals surface area contributed by atoms with Crippen molar-refractivity contribution in [1.29, 1.82) is 0 Å². The molecule has 2 saturated heterocycles. The Hall–Kier alpha value is -2.08. The summed E-state index contributed by atoms with van der Waals surface area (Å²) in [5.41, 5.74) is 0.773. The van der Waals surface area contributed by atoms with Crippen molar-refractivity contribution < 1.29 is 13.2 Å². The molecule has 108 valence electrons. The summed E-state index contributed by atoms with van der Waals surface area (Å²) >= 11 is 0. The smallest absolute Gasteiger partial charge is 0.322 e. The Morgan fingerprint density at radius 2 is 1.81 bits per heavy atom. The zero-order valence-corrected chi connectivity index (χ0v) is 12.0. The van der Waals surface area contributed by atoms with Crippen molar-refractivity contribution in [3.63, 3.8) is 0 Å². The molecule has 5 nitrogen and oxygen atoms in total. The minimum absolute atomic E-state index is 0.0274. The number of nitrogens with zero attached hydrogens (tertiary/aromatic N) is 1. The number of carbonyl (C=O) groups is 1. The summed E-state index contributed by atoms with van der Waals surface area (Å²) in [5, 5.41) is 4.79. The van der Waals surface area contributed by atoms with Gasteiger partial charge in [-0.25, -0.2) is 13.2 Å². The van der Waals surface area contributed by atoms with Crippen LogP contribution in [0.5, 0.6) is 0 Å². The number of nitrogens with one attached hydrogen (secondary N) is 1. The van der Waals surface area contributed by atoms with E-state index in [1.807, 2.05) is 42.5 Å². The third kappa shape index (κ3) is 1.90. The normalized spacial score (nSPS) is 26.9. The zero-order valence-electron chi connectivity index (χ0n) is 11.2. The number of hydrogen-bond acceptors (Lipinski definition) is 3. The van der Waals surface area contributed by atoms with E-state index in [2.05, 4.69) is 5.32 Å². The van der Waals surface area contributed by atoms with Crippen LogP contribution in [0.4, 0.5) is 10.5 Å². The molecule has 0 saturated carbocycles. The topological polar surface area (TPSA) is 66.5 Å². The van der Waals surface area contributed by atoms with Gasteiger partial charge in [0.1, 0.15) is 0 Å².